The first-order chi connectivity index (χ1) is 6.24. The molecule has 0 aromatic carbocycles. The van der Waals surface area contributed by atoms with E-state index in [0.717, 1.165) is 23.3 Å². The molecule has 0 amide bonds. The van der Waals surface area contributed by atoms with E-state index in [4.69, 9.17) is 0 Å². The number of halogens is 1. The Morgan fingerprint density at radius 2 is 2.23 bits per heavy atom. The SMILES string of the molecule is Cc1cc(C)n(CCSCCBr)n1. The molecule has 74 valence electrons. The van der Waals surface area contributed by atoms with Gasteiger partial charge >= 0.3 is 0 Å². The highest BCUT2D eigenvalue weighted by Gasteiger charge is 1.99. The lowest BCUT2D eigenvalue weighted by atomic mass is 10.4. The Labute approximate surface area is 92.2 Å². The summed E-state index contributed by atoms with van der Waals surface area (Å²) in [5.41, 5.74) is 2.37. The molecule has 0 unspecified atom stereocenters. The van der Waals surface area contributed by atoms with Crippen LogP contribution >= 0.6 is 27.7 Å². The van der Waals surface area contributed by atoms with Crippen molar-refractivity contribution >= 4 is 27.7 Å². The Morgan fingerprint density at radius 3 is 2.77 bits per heavy atom. The van der Waals surface area contributed by atoms with Gasteiger partial charge in [-0.2, -0.15) is 16.9 Å². The van der Waals surface area contributed by atoms with Crippen molar-refractivity contribution < 1.29 is 0 Å². The maximum Gasteiger partial charge on any atom is 0.0596 e. The van der Waals surface area contributed by atoms with E-state index >= 15 is 0 Å². The molecule has 1 aromatic rings. The van der Waals surface area contributed by atoms with Crippen molar-refractivity contribution in [2.24, 2.45) is 0 Å². The van der Waals surface area contributed by atoms with Crippen LogP contribution in [0, 0.1) is 13.8 Å². The van der Waals surface area contributed by atoms with Crippen molar-refractivity contribution in [2.45, 2.75) is 20.4 Å². The van der Waals surface area contributed by atoms with E-state index in [0.29, 0.717) is 0 Å². The molecule has 4 heteroatoms. The molecule has 0 aliphatic rings. The average molecular weight is 263 g/mol. The minimum Gasteiger partial charge on any atom is -0.269 e. The van der Waals surface area contributed by atoms with Gasteiger partial charge in [-0.05, 0) is 19.9 Å². The Morgan fingerprint density at radius 1 is 1.46 bits per heavy atom. The van der Waals surface area contributed by atoms with Crippen molar-refractivity contribution in [2.75, 3.05) is 16.8 Å². The summed E-state index contributed by atoms with van der Waals surface area (Å²) in [6.07, 6.45) is 0. The monoisotopic (exact) mass is 262 g/mol. The Bertz CT molecular complexity index is 260. The summed E-state index contributed by atoms with van der Waals surface area (Å²) in [4.78, 5) is 0. The fourth-order valence-corrected chi connectivity index (χ4v) is 2.51. The van der Waals surface area contributed by atoms with Crippen LogP contribution in [0.25, 0.3) is 0 Å². The van der Waals surface area contributed by atoms with Gasteiger partial charge in [-0.1, -0.05) is 15.9 Å². The number of aryl methyl sites for hydroxylation is 3. The first-order valence-corrected chi connectivity index (χ1v) is 6.66. The zero-order valence-electron chi connectivity index (χ0n) is 8.09. The molecule has 0 spiro atoms. The number of rotatable bonds is 5. The first kappa shape index (κ1) is 11.1. The second kappa shape index (κ2) is 5.70. The van der Waals surface area contributed by atoms with Crippen LogP contribution in [-0.4, -0.2) is 26.6 Å². The van der Waals surface area contributed by atoms with Crippen LogP contribution < -0.4 is 0 Å². The third-order valence-electron chi connectivity index (χ3n) is 1.77. The smallest absolute Gasteiger partial charge is 0.0596 e. The Kier molecular flexibility index (Phi) is 4.88. The molecule has 0 N–H and O–H groups in total. The Balaban J connectivity index is 2.32. The molecule has 1 rings (SSSR count). The fraction of sp³-hybridized carbons (Fsp3) is 0.667. The summed E-state index contributed by atoms with van der Waals surface area (Å²) in [6, 6.07) is 2.12. The summed E-state index contributed by atoms with van der Waals surface area (Å²) < 4.78 is 2.08. The molecule has 0 saturated heterocycles. The van der Waals surface area contributed by atoms with Crippen molar-refractivity contribution in [3.63, 3.8) is 0 Å². The van der Waals surface area contributed by atoms with Crippen molar-refractivity contribution in [3.05, 3.63) is 17.5 Å². The van der Waals surface area contributed by atoms with Crippen LogP contribution in [-0.2, 0) is 6.54 Å². The van der Waals surface area contributed by atoms with Crippen molar-refractivity contribution in [3.8, 4) is 0 Å². The normalized spacial score (nSPS) is 10.7. The average Bonchev–Trinajstić information content (AvgIpc) is 2.39. The molecule has 2 nitrogen and oxygen atoms in total. The standard InChI is InChI=1S/C9H15BrN2S/c1-8-7-9(2)12(11-8)4-6-13-5-3-10/h7H,3-6H2,1-2H3. The van der Waals surface area contributed by atoms with Gasteiger partial charge in [-0.15, -0.1) is 0 Å². The zero-order valence-corrected chi connectivity index (χ0v) is 10.5. The van der Waals surface area contributed by atoms with Crippen LogP contribution in [0.15, 0.2) is 6.07 Å². The molecule has 1 aromatic heterocycles. The molecule has 0 aliphatic carbocycles. The van der Waals surface area contributed by atoms with E-state index in [9.17, 15) is 0 Å². The van der Waals surface area contributed by atoms with Gasteiger partial charge in [0.15, 0.2) is 0 Å². The predicted molar refractivity (Wildman–Crippen MR) is 62.8 cm³/mol. The second-order valence-electron chi connectivity index (χ2n) is 2.95. The van der Waals surface area contributed by atoms with E-state index < -0.39 is 0 Å². The van der Waals surface area contributed by atoms with E-state index in [1.165, 1.54) is 11.4 Å². The number of hydrogen-bond acceptors (Lipinski definition) is 2. The highest BCUT2D eigenvalue weighted by atomic mass is 79.9. The summed E-state index contributed by atoms with van der Waals surface area (Å²) in [6.45, 7) is 5.17. The number of aromatic nitrogens is 2. The van der Waals surface area contributed by atoms with E-state index in [1.807, 2.05) is 18.7 Å². The van der Waals surface area contributed by atoms with Gasteiger partial charge in [-0.25, -0.2) is 0 Å². The molecular formula is C9H15BrN2S. The molecule has 0 bridgehead atoms. The van der Waals surface area contributed by atoms with Gasteiger partial charge in [0.05, 0.1) is 12.2 Å². The van der Waals surface area contributed by atoms with Crippen LogP contribution in [0.1, 0.15) is 11.4 Å². The van der Waals surface area contributed by atoms with Crippen LogP contribution in [0.3, 0.4) is 0 Å². The number of hydrogen-bond donors (Lipinski definition) is 0. The number of thioether (sulfide) groups is 1. The maximum absolute atomic E-state index is 4.40. The van der Waals surface area contributed by atoms with Crippen LogP contribution in [0.4, 0.5) is 0 Å². The van der Waals surface area contributed by atoms with Crippen molar-refractivity contribution in [1.82, 2.24) is 9.78 Å². The maximum atomic E-state index is 4.40. The van der Waals surface area contributed by atoms with E-state index in [2.05, 4.69) is 38.7 Å². The third kappa shape index (κ3) is 3.73. The molecule has 0 radical (unpaired) electrons. The summed E-state index contributed by atoms with van der Waals surface area (Å²) >= 11 is 5.37. The quantitative estimate of drug-likeness (QED) is 0.600. The summed E-state index contributed by atoms with van der Waals surface area (Å²) in [5, 5.41) is 5.48. The summed E-state index contributed by atoms with van der Waals surface area (Å²) in [5.74, 6) is 2.33. The fourth-order valence-electron chi connectivity index (χ4n) is 1.21. The third-order valence-corrected chi connectivity index (χ3v) is 3.66. The number of nitrogens with zero attached hydrogens (tertiary/aromatic N) is 2. The van der Waals surface area contributed by atoms with Gasteiger partial charge < -0.3 is 0 Å². The topological polar surface area (TPSA) is 17.8 Å². The minimum absolute atomic E-state index is 1.03. The Hall–Kier alpha value is 0.0400. The van der Waals surface area contributed by atoms with Gasteiger partial charge in [-0.3, -0.25) is 4.68 Å². The van der Waals surface area contributed by atoms with Gasteiger partial charge in [0, 0.05) is 22.5 Å². The van der Waals surface area contributed by atoms with Gasteiger partial charge in [0.1, 0.15) is 0 Å². The molecular weight excluding hydrogens is 248 g/mol. The highest BCUT2D eigenvalue weighted by Crippen LogP contribution is 2.06. The van der Waals surface area contributed by atoms with Crippen LogP contribution in [0.5, 0.6) is 0 Å². The lowest BCUT2D eigenvalue weighted by Gasteiger charge is -2.02. The van der Waals surface area contributed by atoms with Gasteiger partial charge in [0.25, 0.3) is 0 Å². The molecule has 0 aliphatic heterocycles. The van der Waals surface area contributed by atoms with E-state index in [-0.39, 0.29) is 0 Å². The molecule has 0 atom stereocenters. The first-order valence-electron chi connectivity index (χ1n) is 4.39. The van der Waals surface area contributed by atoms with Gasteiger partial charge in [0.2, 0.25) is 0 Å². The lowest BCUT2D eigenvalue weighted by molar-refractivity contribution is 0.640. The summed E-state index contributed by atoms with van der Waals surface area (Å²) in [7, 11) is 0. The predicted octanol–water partition coefficient (Wildman–Crippen LogP) is 2.63. The lowest BCUT2D eigenvalue weighted by Crippen LogP contribution is -2.05. The molecule has 1 heterocycles. The molecule has 0 fully saturated rings. The highest BCUT2D eigenvalue weighted by molar-refractivity contribution is 9.09. The largest absolute Gasteiger partial charge is 0.269 e. The molecule has 0 saturated carbocycles. The van der Waals surface area contributed by atoms with Crippen LogP contribution in [0.2, 0.25) is 0 Å². The zero-order chi connectivity index (χ0) is 9.68. The second-order valence-corrected chi connectivity index (χ2v) is 4.97. The molecule has 13 heavy (non-hydrogen) atoms. The number of alkyl halides is 1. The van der Waals surface area contributed by atoms with E-state index in [1.54, 1.807) is 0 Å². The minimum atomic E-state index is 1.03. The van der Waals surface area contributed by atoms with Crippen molar-refractivity contribution in [1.29, 1.82) is 0 Å².